The van der Waals surface area contributed by atoms with Gasteiger partial charge in [0.1, 0.15) is 0 Å². The summed E-state index contributed by atoms with van der Waals surface area (Å²) in [5.41, 5.74) is 1.03. The molecule has 0 saturated heterocycles. The van der Waals surface area contributed by atoms with Crippen LogP contribution < -0.4 is 5.56 Å². The fourth-order valence-corrected chi connectivity index (χ4v) is 2.12. The number of nitrogens with zero attached hydrogens (tertiary/aromatic N) is 4. The molecule has 2 heterocycles. The predicted molar refractivity (Wildman–Crippen MR) is 67.4 cm³/mol. The van der Waals surface area contributed by atoms with Crippen molar-refractivity contribution in [2.24, 2.45) is 0 Å². The van der Waals surface area contributed by atoms with Crippen LogP contribution in [0.2, 0.25) is 0 Å². The Morgan fingerprint density at radius 1 is 1.32 bits per heavy atom. The van der Waals surface area contributed by atoms with E-state index in [1.54, 1.807) is 22.8 Å². The highest BCUT2D eigenvalue weighted by atomic mass is 16.4. The van der Waals surface area contributed by atoms with Gasteiger partial charge in [-0.2, -0.15) is 4.98 Å². The molecule has 0 spiro atoms. The molecule has 0 saturated carbocycles. The Labute approximate surface area is 106 Å². The van der Waals surface area contributed by atoms with Gasteiger partial charge >= 0.3 is 5.97 Å². The third-order valence-electron chi connectivity index (χ3n) is 2.95. The third-order valence-corrected chi connectivity index (χ3v) is 2.95. The van der Waals surface area contributed by atoms with Crippen LogP contribution in [0.3, 0.4) is 0 Å². The van der Waals surface area contributed by atoms with Gasteiger partial charge in [-0.25, -0.2) is 9.31 Å². The monoisotopic (exact) mass is 258 g/mol. The van der Waals surface area contributed by atoms with Gasteiger partial charge in [-0.1, -0.05) is 12.1 Å². The molecule has 0 radical (unpaired) electrons. The maximum Gasteiger partial charge on any atom is 0.375 e. The molecule has 1 N–H and O–H groups in total. The first-order chi connectivity index (χ1) is 9.13. The van der Waals surface area contributed by atoms with Crippen molar-refractivity contribution >= 4 is 22.6 Å². The number of benzene rings is 1. The molecule has 0 unspecified atom stereocenters. The molecule has 7 nitrogen and oxygen atoms in total. The lowest BCUT2D eigenvalue weighted by Gasteiger charge is -2.08. The van der Waals surface area contributed by atoms with Crippen LogP contribution in [0.1, 0.15) is 17.5 Å². The van der Waals surface area contributed by atoms with Crippen LogP contribution in [-0.4, -0.2) is 30.2 Å². The summed E-state index contributed by atoms with van der Waals surface area (Å²) in [6.45, 7) is 2.32. The van der Waals surface area contributed by atoms with E-state index < -0.39 is 5.97 Å². The van der Waals surface area contributed by atoms with Crippen molar-refractivity contribution in [2.75, 3.05) is 0 Å². The Hall–Kier alpha value is -2.70. The van der Waals surface area contributed by atoms with Crippen LogP contribution in [-0.2, 0) is 6.54 Å². The van der Waals surface area contributed by atoms with E-state index >= 15 is 0 Å². The van der Waals surface area contributed by atoms with Crippen molar-refractivity contribution in [1.82, 2.24) is 19.2 Å². The highest BCUT2D eigenvalue weighted by Gasteiger charge is 2.17. The van der Waals surface area contributed by atoms with Crippen LogP contribution >= 0.6 is 0 Å². The Bertz CT molecular complexity index is 862. The molecule has 1 aromatic carbocycles. The second-order valence-electron chi connectivity index (χ2n) is 4.01. The van der Waals surface area contributed by atoms with E-state index in [9.17, 15) is 9.59 Å². The van der Waals surface area contributed by atoms with Gasteiger partial charge in [0.2, 0.25) is 5.65 Å². The maximum absolute atomic E-state index is 12.3. The highest BCUT2D eigenvalue weighted by Crippen LogP contribution is 2.13. The Morgan fingerprint density at radius 2 is 2.00 bits per heavy atom. The predicted octanol–water partition coefficient (Wildman–Crippen LogP) is 0.762. The minimum atomic E-state index is -1.25. The van der Waals surface area contributed by atoms with Crippen LogP contribution in [0.15, 0.2) is 29.1 Å². The van der Waals surface area contributed by atoms with Crippen molar-refractivity contribution in [3.8, 4) is 0 Å². The van der Waals surface area contributed by atoms with Crippen molar-refractivity contribution in [1.29, 1.82) is 0 Å². The van der Waals surface area contributed by atoms with E-state index in [0.29, 0.717) is 17.6 Å². The number of aryl methyl sites for hydroxylation is 1. The number of aromatic carboxylic acids is 1. The molecule has 96 valence electrons. The summed E-state index contributed by atoms with van der Waals surface area (Å²) in [4.78, 5) is 27.0. The van der Waals surface area contributed by atoms with Gasteiger partial charge in [-0.3, -0.25) is 4.79 Å². The number of carbonyl (C=O) groups is 1. The van der Waals surface area contributed by atoms with E-state index in [1.807, 2.05) is 13.0 Å². The summed E-state index contributed by atoms with van der Waals surface area (Å²) in [5, 5.41) is 12.8. The lowest BCUT2D eigenvalue weighted by Crippen LogP contribution is -2.22. The molecule has 0 atom stereocenters. The average Bonchev–Trinajstić information content (AvgIpc) is 2.85. The molecule has 7 heteroatoms. The maximum atomic E-state index is 12.3. The quantitative estimate of drug-likeness (QED) is 0.733. The van der Waals surface area contributed by atoms with E-state index in [1.165, 1.54) is 4.52 Å². The fourth-order valence-electron chi connectivity index (χ4n) is 2.12. The van der Waals surface area contributed by atoms with Crippen LogP contribution in [0.4, 0.5) is 0 Å². The molecule has 3 aromatic rings. The Kier molecular flexibility index (Phi) is 2.34. The van der Waals surface area contributed by atoms with Crippen molar-refractivity contribution < 1.29 is 9.90 Å². The first-order valence-electron chi connectivity index (χ1n) is 5.75. The topological polar surface area (TPSA) is 89.5 Å². The molecule has 0 bridgehead atoms. The van der Waals surface area contributed by atoms with Crippen molar-refractivity contribution in [2.45, 2.75) is 13.5 Å². The third kappa shape index (κ3) is 1.51. The summed E-state index contributed by atoms with van der Waals surface area (Å²) >= 11 is 0. The van der Waals surface area contributed by atoms with Crippen molar-refractivity contribution in [3.63, 3.8) is 0 Å². The molecule has 3 rings (SSSR count). The van der Waals surface area contributed by atoms with E-state index in [2.05, 4.69) is 10.1 Å². The normalized spacial score (nSPS) is 11.2. The molecular weight excluding hydrogens is 248 g/mol. The number of hydrogen-bond acceptors (Lipinski definition) is 4. The van der Waals surface area contributed by atoms with Gasteiger partial charge < -0.3 is 9.67 Å². The van der Waals surface area contributed by atoms with Gasteiger partial charge in [0.15, 0.2) is 0 Å². The number of para-hydroxylation sites is 2. The number of hydrogen-bond donors (Lipinski definition) is 1. The van der Waals surface area contributed by atoms with E-state index in [-0.39, 0.29) is 17.0 Å². The molecule has 2 aromatic heterocycles. The Balaban J connectivity index is 2.59. The molecule has 0 amide bonds. The average molecular weight is 258 g/mol. The molecule has 0 fully saturated rings. The largest absolute Gasteiger partial charge is 0.475 e. The molecule has 0 aliphatic heterocycles. The number of carboxylic acid groups (broad SMARTS) is 1. The van der Waals surface area contributed by atoms with E-state index in [4.69, 9.17) is 5.11 Å². The molecular formula is C12H10N4O3. The lowest BCUT2D eigenvalue weighted by molar-refractivity contribution is 0.0684. The zero-order chi connectivity index (χ0) is 13.6. The summed E-state index contributed by atoms with van der Waals surface area (Å²) < 4.78 is 2.83. The van der Waals surface area contributed by atoms with E-state index in [0.717, 1.165) is 0 Å². The fraction of sp³-hybridized carbons (Fsp3) is 0.167. The van der Waals surface area contributed by atoms with Crippen LogP contribution in [0.25, 0.3) is 16.7 Å². The summed E-state index contributed by atoms with van der Waals surface area (Å²) in [5.74, 6) is -1.63. The molecule has 0 aliphatic carbocycles. The van der Waals surface area contributed by atoms with Crippen LogP contribution in [0.5, 0.6) is 0 Å². The standard InChI is InChI=1S/C12H10N4O3/c1-2-15-7-5-3-4-6-8(7)16-10(11(15)17)13-9(14-16)12(18)19/h3-6H,2H2,1H3,(H,18,19). The second kappa shape index (κ2) is 3.91. The zero-order valence-electron chi connectivity index (χ0n) is 10.1. The first-order valence-corrected chi connectivity index (χ1v) is 5.75. The summed E-state index contributed by atoms with van der Waals surface area (Å²) in [6, 6.07) is 7.18. The smallest absolute Gasteiger partial charge is 0.375 e. The zero-order valence-corrected chi connectivity index (χ0v) is 10.1. The van der Waals surface area contributed by atoms with Crippen LogP contribution in [0, 0.1) is 0 Å². The first kappa shape index (κ1) is 11.4. The minimum absolute atomic E-state index is 0.0259. The van der Waals surface area contributed by atoms with Gasteiger partial charge in [0.25, 0.3) is 11.4 Å². The van der Waals surface area contributed by atoms with Crippen molar-refractivity contribution in [3.05, 3.63) is 40.4 Å². The van der Waals surface area contributed by atoms with Gasteiger partial charge in [0, 0.05) is 6.54 Å². The van der Waals surface area contributed by atoms with Gasteiger partial charge in [-0.05, 0) is 19.1 Å². The summed E-state index contributed by atoms with van der Waals surface area (Å²) in [7, 11) is 0. The molecule has 19 heavy (non-hydrogen) atoms. The summed E-state index contributed by atoms with van der Waals surface area (Å²) in [6.07, 6.45) is 0. The Morgan fingerprint density at radius 3 is 2.63 bits per heavy atom. The SMILES string of the molecule is CCn1c(=O)c2nc(C(=O)O)nn2c2ccccc21. The number of carboxylic acids is 1. The number of aromatic nitrogens is 4. The lowest BCUT2D eigenvalue weighted by atomic mass is 10.3. The number of fused-ring (bicyclic) bond motifs is 3. The minimum Gasteiger partial charge on any atom is -0.475 e. The second-order valence-corrected chi connectivity index (χ2v) is 4.01. The highest BCUT2D eigenvalue weighted by molar-refractivity contribution is 5.85. The van der Waals surface area contributed by atoms with Gasteiger partial charge in [0.05, 0.1) is 11.0 Å². The van der Waals surface area contributed by atoms with Gasteiger partial charge in [-0.15, -0.1) is 5.10 Å². The molecule has 0 aliphatic rings. The number of rotatable bonds is 2.